The molecule has 0 aromatic carbocycles. The van der Waals surface area contributed by atoms with Crippen molar-refractivity contribution in [2.75, 3.05) is 13.7 Å². The van der Waals surface area contributed by atoms with Crippen LogP contribution < -0.4 is 15.4 Å². The quantitative estimate of drug-likeness (QED) is 0.258. The van der Waals surface area contributed by atoms with E-state index in [4.69, 9.17) is 19.2 Å². The van der Waals surface area contributed by atoms with Crippen LogP contribution in [0, 0.1) is 5.92 Å². The molecular formula is C37H43N5O7S. The Hall–Kier alpha value is -4.52. The van der Waals surface area contributed by atoms with Crippen LogP contribution in [0.4, 0.5) is 4.79 Å². The van der Waals surface area contributed by atoms with Crippen molar-refractivity contribution >= 4 is 45.4 Å². The summed E-state index contributed by atoms with van der Waals surface area (Å²) < 4.78 is 18.3. The number of fused-ring (bicyclic) bond motifs is 3. The lowest BCUT2D eigenvalue weighted by Gasteiger charge is -2.29. The minimum atomic E-state index is -1.19. The van der Waals surface area contributed by atoms with Crippen LogP contribution in [-0.2, 0) is 23.9 Å². The Balaban J connectivity index is 1.18. The molecule has 0 unspecified atom stereocenters. The zero-order chi connectivity index (χ0) is 34.7. The van der Waals surface area contributed by atoms with Crippen molar-refractivity contribution in [1.29, 1.82) is 0 Å². The highest BCUT2D eigenvalue weighted by atomic mass is 32.1. The lowest BCUT2D eigenvalue weighted by Crippen LogP contribution is -2.56. The van der Waals surface area contributed by atoms with E-state index in [0.717, 1.165) is 55.2 Å². The highest BCUT2D eigenvalue weighted by molar-refractivity contribution is 7.17. The number of hydrogen-bond acceptors (Lipinski definition) is 10. The van der Waals surface area contributed by atoms with Gasteiger partial charge in [-0.05, 0) is 74.9 Å². The molecule has 50 heavy (non-hydrogen) atoms. The van der Waals surface area contributed by atoms with E-state index in [1.54, 1.807) is 6.20 Å². The molecule has 7 rings (SSSR count). The molecule has 2 saturated carbocycles. The van der Waals surface area contributed by atoms with Gasteiger partial charge in [-0.3, -0.25) is 14.6 Å². The molecule has 3 aromatic rings. The third kappa shape index (κ3) is 7.19. The number of thiophene rings is 1. The van der Waals surface area contributed by atoms with E-state index in [2.05, 4.69) is 15.6 Å². The zero-order valence-corrected chi connectivity index (χ0v) is 29.0. The fourth-order valence-electron chi connectivity index (χ4n) is 7.49. The molecule has 2 N–H and O–H groups in total. The van der Waals surface area contributed by atoms with Gasteiger partial charge in [0.2, 0.25) is 11.8 Å². The highest BCUT2D eigenvalue weighted by Gasteiger charge is 2.62. The maximum Gasteiger partial charge on any atom is 0.408 e. The van der Waals surface area contributed by atoms with Gasteiger partial charge in [0.25, 0.3) is 0 Å². The largest absolute Gasteiger partial charge is 0.487 e. The van der Waals surface area contributed by atoms with E-state index in [-0.39, 0.29) is 30.9 Å². The molecule has 2 aliphatic carbocycles. The molecule has 3 aromatic heterocycles. The van der Waals surface area contributed by atoms with E-state index in [1.807, 2.05) is 47.9 Å². The number of nitrogens with one attached hydrogen (secondary N) is 2. The van der Waals surface area contributed by atoms with Gasteiger partial charge in [0, 0.05) is 24.6 Å². The molecule has 3 fully saturated rings. The molecule has 2 aliphatic heterocycles. The number of amides is 3. The summed E-state index contributed by atoms with van der Waals surface area (Å²) in [5.41, 5.74) is 0.905. The van der Waals surface area contributed by atoms with E-state index >= 15 is 0 Å². The van der Waals surface area contributed by atoms with Gasteiger partial charge in [-0.2, -0.15) is 0 Å². The van der Waals surface area contributed by atoms with E-state index < -0.39 is 41.7 Å². The second kappa shape index (κ2) is 14.8. The third-order valence-corrected chi connectivity index (χ3v) is 11.2. The number of rotatable bonds is 6. The van der Waals surface area contributed by atoms with Gasteiger partial charge >= 0.3 is 12.1 Å². The van der Waals surface area contributed by atoms with Gasteiger partial charge < -0.3 is 29.7 Å². The topological polar surface area (TPSA) is 149 Å². The molecule has 13 heteroatoms. The number of pyridine rings is 2. The fourth-order valence-corrected chi connectivity index (χ4v) is 8.28. The van der Waals surface area contributed by atoms with Crippen molar-refractivity contribution in [3.05, 3.63) is 54.1 Å². The van der Waals surface area contributed by atoms with Gasteiger partial charge in [-0.15, -0.1) is 11.3 Å². The molecule has 0 bridgehead atoms. The van der Waals surface area contributed by atoms with Crippen molar-refractivity contribution in [1.82, 2.24) is 25.5 Å². The number of allylic oxidation sites excluding steroid dienone is 1. The second-order valence-corrected chi connectivity index (χ2v) is 14.6. The van der Waals surface area contributed by atoms with Crippen molar-refractivity contribution < 1.29 is 33.4 Å². The summed E-state index contributed by atoms with van der Waals surface area (Å²) in [6.45, 7) is 0.107. The summed E-state index contributed by atoms with van der Waals surface area (Å²) in [4.78, 5) is 65.5. The molecule has 1 saturated heterocycles. The second-order valence-electron chi connectivity index (χ2n) is 13.7. The van der Waals surface area contributed by atoms with Crippen LogP contribution in [0.2, 0.25) is 0 Å². The van der Waals surface area contributed by atoms with Crippen LogP contribution in [0.25, 0.3) is 21.6 Å². The van der Waals surface area contributed by atoms with Gasteiger partial charge in [0.1, 0.15) is 35.6 Å². The summed E-state index contributed by atoms with van der Waals surface area (Å²) in [6.07, 6.45) is 12.3. The Labute approximate surface area is 295 Å². The molecule has 5 atom stereocenters. The number of hydrogen-bond donors (Lipinski definition) is 2. The lowest BCUT2D eigenvalue weighted by molar-refractivity contribution is -0.148. The minimum Gasteiger partial charge on any atom is -0.487 e. The Bertz CT molecular complexity index is 1760. The van der Waals surface area contributed by atoms with Gasteiger partial charge in [0.05, 0.1) is 35.3 Å². The maximum atomic E-state index is 14.5. The van der Waals surface area contributed by atoms with E-state index in [1.165, 1.54) is 23.3 Å². The number of alkyl carbamates (subject to hydrolysis) is 1. The van der Waals surface area contributed by atoms with Gasteiger partial charge in [-0.25, -0.2) is 14.6 Å². The standard InChI is InChI=1S/C37H43N5O7S/c1-47-35(45)37-21-23(37)11-5-3-2-4-6-15-28(40-36(46)49-24-12-7-8-13-24)34(44)42-22-25(19-30(42)33(43)41-37)48-31-20-29(26-14-9-10-17-38-26)39-27-16-18-50-32(27)31/h5,9-11,14,16-18,20,23-25,28,30H,2-4,6-8,12-13,15,19,21-22H2,1H3,(H,40,46)(H,41,43)/b11-5-/t23-,25+,28-,30-,37+/m0/s1. The number of nitrogens with zero attached hydrogens (tertiary/aromatic N) is 3. The molecule has 3 amide bonds. The van der Waals surface area contributed by atoms with Gasteiger partial charge in [0.15, 0.2) is 0 Å². The first kappa shape index (κ1) is 34.0. The first-order valence-electron chi connectivity index (χ1n) is 17.7. The SMILES string of the molecule is COC(=O)[C@@]12C[C@@H]1/C=C\CCCCC[C@H](NC(=O)OC1CCCC1)C(=O)N1C[C@H](Oc3cc(-c4ccccn4)nc4ccsc34)C[C@H]1C(=O)N2. The fraction of sp³-hybridized carbons (Fsp3) is 0.514. The van der Waals surface area contributed by atoms with Crippen LogP contribution in [0.15, 0.2) is 54.1 Å². The Morgan fingerprint density at radius 2 is 1.88 bits per heavy atom. The summed E-state index contributed by atoms with van der Waals surface area (Å²) in [6, 6.07) is 7.54. The average Bonchev–Trinajstić information content (AvgIpc) is 3.58. The van der Waals surface area contributed by atoms with Crippen LogP contribution in [0.5, 0.6) is 5.75 Å². The van der Waals surface area contributed by atoms with Crippen molar-refractivity contribution in [2.24, 2.45) is 5.92 Å². The van der Waals surface area contributed by atoms with Crippen LogP contribution in [0.1, 0.15) is 70.6 Å². The predicted molar refractivity (Wildman–Crippen MR) is 186 cm³/mol. The summed E-state index contributed by atoms with van der Waals surface area (Å²) in [5.74, 6) is -0.966. The van der Waals surface area contributed by atoms with Crippen LogP contribution >= 0.6 is 11.3 Å². The lowest BCUT2D eigenvalue weighted by atomic mass is 10.0. The predicted octanol–water partition coefficient (Wildman–Crippen LogP) is 5.31. The Kier molecular flexibility index (Phi) is 10.0. The molecule has 12 nitrogen and oxygen atoms in total. The van der Waals surface area contributed by atoms with E-state index in [9.17, 15) is 19.2 Å². The molecule has 0 spiro atoms. The Morgan fingerprint density at radius 1 is 1.04 bits per heavy atom. The number of aromatic nitrogens is 2. The summed E-state index contributed by atoms with van der Waals surface area (Å²) in [7, 11) is 1.31. The molecule has 0 radical (unpaired) electrons. The number of carbonyl (C=O) groups is 4. The number of carbonyl (C=O) groups excluding carboxylic acids is 4. The van der Waals surface area contributed by atoms with Crippen molar-refractivity contribution in [3.8, 4) is 17.1 Å². The average molecular weight is 702 g/mol. The maximum absolute atomic E-state index is 14.5. The van der Waals surface area contributed by atoms with Crippen LogP contribution in [-0.4, -0.2) is 82.2 Å². The smallest absolute Gasteiger partial charge is 0.408 e. The van der Waals surface area contributed by atoms with Crippen molar-refractivity contribution in [3.63, 3.8) is 0 Å². The summed E-state index contributed by atoms with van der Waals surface area (Å²) in [5, 5.41) is 7.77. The Morgan fingerprint density at radius 3 is 2.68 bits per heavy atom. The van der Waals surface area contributed by atoms with Gasteiger partial charge in [-0.1, -0.05) is 31.1 Å². The van der Waals surface area contributed by atoms with Crippen molar-refractivity contribution in [2.45, 2.75) is 100 Å². The molecule has 5 heterocycles. The monoisotopic (exact) mass is 701 g/mol. The third-order valence-electron chi connectivity index (χ3n) is 10.3. The van der Waals surface area contributed by atoms with E-state index in [0.29, 0.717) is 36.4 Å². The zero-order valence-electron chi connectivity index (χ0n) is 28.2. The summed E-state index contributed by atoms with van der Waals surface area (Å²) >= 11 is 1.49. The molecule has 264 valence electrons. The minimum absolute atomic E-state index is 0.107. The number of methoxy groups -OCH3 is 1. The normalized spacial score (nSPS) is 28.1. The first-order chi connectivity index (χ1) is 24.3. The van der Waals surface area contributed by atoms with Crippen LogP contribution in [0.3, 0.4) is 0 Å². The number of ether oxygens (including phenoxy) is 3. The molecule has 4 aliphatic rings. The first-order valence-corrected chi connectivity index (χ1v) is 18.5. The molecular weight excluding hydrogens is 659 g/mol. The number of esters is 1. The highest BCUT2D eigenvalue weighted by Crippen LogP contribution is 2.46.